The third-order valence-corrected chi connectivity index (χ3v) is 6.06. The first-order valence-corrected chi connectivity index (χ1v) is 12.4. The van der Waals surface area contributed by atoms with E-state index in [2.05, 4.69) is 30.9 Å². The van der Waals surface area contributed by atoms with Crippen molar-refractivity contribution in [1.82, 2.24) is 30.9 Å². The summed E-state index contributed by atoms with van der Waals surface area (Å²) in [5, 5.41) is 18.2. The van der Waals surface area contributed by atoms with Gasteiger partial charge in [0.15, 0.2) is 0 Å². The number of imidazole rings is 1. The van der Waals surface area contributed by atoms with Crippen molar-refractivity contribution in [3.8, 4) is 0 Å². The molecule has 0 unspecified atom stereocenters. The van der Waals surface area contributed by atoms with Crippen LogP contribution < -0.4 is 27.4 Å². The number of aromatic nitrogens is 3. The van der Waals surface area contributed by atoms with Gasteiger partial charge in [-0.15, -0.1) is 0 Å². The molecule has 38 heavy (non-hydrogen) atoms. The predicted molar refractivity (Wildman–Crippen MR) is 140 cm³/mol. The molecule has 2 heterocycles. The summed E-state index contributed by atoms with van der Waals surface area (Å²) in [6.45, 7) is 0.00993. The Hall–Kier alpha value is -4.23. The molecule has 0 radical (unpaired) electrons. The normalized spacial score (nSPS) is 13.4. The highest BCUT2D eigenvalue weighted by molar-refractivity contribution is 5.93. The van der Waals surface area contributed by atoms with Crippen LogP contribution in [0.4, 0.5) is 0 Å². The summed E-state index contributed by atoms with van der Waals surface area (Å²) in [7, 11) is 0. The molecule has 3 amide bonds. The molecule has 2 aromatic heterocycles. The molecule has 13 heteroatoms. The Morgan fingerprint density at radius 3 is 2.50 bits per heavy atom. The van der Waals surface area contributed by atoms with Crippen LogP contribution in [0.3, 0.4) is 0 Å². The summed E-state index contributed by atoms with van der Waals surface area (Å²) in [6, 6.07) is 4.33. The van der Waals surface area contributed by atoms with Crippen molar-refractivity contribution in [3.05, 3.63) is 54.2 Å². The van der Waals surface area contributed by atoms with Crippen molar-refractivity contribution >= 4 is 34.6 Å². The number of carboxylic acid groups (broad SMARTS) is 1. The zero-order valence-corrected chi connectivity index (χ0v) is 20.9. The molecular formula is C25H34N8O5. The molecule has 3 aromatic rings. The van der Waals surface area contributed by atoms with Gasteiger partial charge in [0.25, 0.3) is 0 Å². The second-order valence-electron chi connectivity index (χ2n) is 8.96. The average molecular weight is 527 g/mol. The molecule has 204 valence electrons. The number of carboxylic acids is 1. The number of unbranched alkanes of at least 4 members (excludes halogenated alkanes) is 1. The number of amides is 3. The second-order valence-corrected chi connectivity index (χ2v) is 8.96. The van der Waals surface area contributed by atoms with E-state index in [4.69, 9.17) is 11.5 Å². The Morgan fingerprint density at radius 2 is 1.79 bits per heavy atom. The number of rotatable bonds is 15. The molecule has 0 aliphatic carbocycles. The minimum absolute atomic E-state index is 0.0541. The molecule has 1 aromatic carbocycles. The van der Waals surface area contributed by atoms with Gasteiger partial charge in [-0.3, -0.25) is 14.4 Å². The quantitative estimate of drug-likeness (QED) is 0.118. The fourth-order valence-electron chi connectivity index (χ4n) is 4.02. The van der Waals surface area contributed by atoms with E-state index in [1.165, 1.54) is 6.33 Å². The number of carbonyl (C=O) groups excluding carboxylic acids is 3. The number of fused-ring (bicyclic) bond motifs is 1. The molecule has 0 aliphatic rings. The highest BCUT2D eigenvalue weighted by Crippen LogP contribution is 2.19. The molecule has 13 nitrogen and oxygen atoms in total. The first kappa shape index (κ1) is 28.3. The van der Waals surface area contributed by atoms with Crippen molar-refractivity contribution in [2.45, 2.75) is 50.2 Å². The van der Waals surface area contributed by atoms with Crippen molar-refractivity contribution in [3.63, 3.8) is 0 Å². The van der Waals surface area contributed by atoms with Crippen molar-refractivity contribution in [2.75, 3.05) is 13.1 Å². The van der Waals surface area contributed by atoms with Gasteiger partial charge in [0.1, 0.15) is 12.1 Å². The number of aromatic amines is 2. The molecule has 0 aliphatic heterocycles. The van der Waals surface area contributed by atoms with Crippen LogP contribution in [0.1, 0.15) is 30.5 Å². The molecule has 10 N–H and O–H groups in total. The predicted octanol–water partition coefficient (Wildman–Crippen LogP) is -0.697. The largest absolute Gasteiger partial charge is 0.480 e. The van der Waals surface area contributed by atoms with Crippen LogP contribution in [0.25, 0.3) is 10.9 Å². The lowest BCUT2D eigenvalue weighted by atomic mass is 10.0. The molecule has 0 bridgehead atoms. The maximum Gasteiger partial charge on any atom is 0.326 e. The van der Waals surface area contributed by atoms with E-state index in [-0.39, 0.29) is 19.3 Å². The number of benzene rings is 1. The van der Waals surface area contributed by atoms with Gasteiger partial charge in [0.2, 0.25) is 17.7 Å². The van der Waals surface area contributed by atoms with E-state index < -0.39 is 48.4 Å². The first-order chi connectivity index (χ1) is 18.3. The highest BCUT2D eigenvalue weighted by atomic mass is 16.4. The summed E-state index contributed by atoms with van der Waals surface area (Å²) in [6.07, 6.45) is 6.46. The summed E-state index contributed by atoms with van der Waals surface area (Å²) in [5.41, 5.74) is 13.6. The van der Waals surface area contributed by atoms with Crippen LogP contribution in [0, 0.1) is 0 Å². The number of para-hydroxylation sites is 1. The third-order valence-electron chi connectivity index (χ3n) is 6.06. The SMILES string of the molecule is NCCCC[C@H](NC(=O)CNC(=O)[C@@H](N)Cc1c[nH]cn1)C(=O)N[C@@H](Cc1c[nH]c2ccccc12)C(=O)O. The van der Waals surface area contributed by atoms with Gasteiger partial charge in [-0.05, 0) is 37.4 Å². The number of aliphatic carboxylic acids is 1. The highest BCUT2D eigenvalue weighted by Gasteiger charge is 2.27. The molecule has 0 saturated heterocycles. The number of nitrogens with two attached hydrogens (primary N) is 2. The van der Waals surface area contributed by atoms with E-state index >= 15 is 0 Å². The van der Waals surface area contributed by atoms with Gasteiger partial charge >= 0.3 is 5.97 Å². The van der Waals surface area contributed by atoms with Crippen LogP contribution in [-0.2, 0) is 32.0 Å². The van der Waals surface area contributed by atoms with Gasteiger partial charge in [-0.2, -0.15) is 0 Å². The van der Waals surface area contributed by atoms with Gasteiger partial charge < -0.3 is 42.5 Å². The van der Waals surface area contributed by atoms with Crippen molar-refractivity contribution in [2.24, 2.45) is 11.5 Å². The summed E-state index contributed by atoms with van der Waals surface area (Å²) < 4.78 is 0. The van der Waals surface area contributed by atoms with Gasteiger partial charge in [0, 0.05) is 36.1 Å². The Morgan fingerprint density at radius 1 is 1.00 bits per heavy atom. The Balaban J connectivity index is 1.58. The number of H-pyrrole nitrogens is 2. The Kier molecular flexibility index (Phi) is 10.4. The fraction of sp³-hybridized carbons (Fsp3) is 0.400. The number of carbonyl (C=O) groups is 4. The molecule has 0 spiro atoms. The zero-order valence-electron chi connectivity index (χ0n) is 20.9. The van der Waals surface area contributed by atoms with Crippen LogP contribution in [0.2, 0.25) is 0 Å². The summed E-state index contributed by atoms with van der Waals surface area (Å²) in [4.78, 5) is 59.7. The van der Waals surface area contributed by atoms with E-state index in [1.54, 1.807) is 12.4 Å². The minimum atomic E-state index is -1.21. The number of hydrogen-bond donors (Lipinski definition) is 8. The summed E-state index contributed by atoms with van der Waals surface area (Å²) in [5.74, 6) is -2.99. The van der Waals surface area contributed by atoms with Crippen molar-refractivity contribution < 1.29 is 24.3 Å². The second kappa shape index (κ2) is 13.9. The molecule has 0 fully saturated rings. The van der Waals surface area contributed by atoms with E-state index in [1.807, 2.05) is 24.3 Å². The molecule has 3 rings (SSSR count). The standard InChI is InChI=1S/C25H34N8O5/c26-8-4-3-7-20(32-22(34)13-30-23(35)18(27)10-16-12-28-14-31-16)24(36)33-21(25(37)38)9-15-11-29-19-6-2-1-5-17(15)19/h1-2,5-6,11-12,14,18,20-21,29H,3-4,7-10,13,26-27H2,(H,28,31)(H,30,35)(H,32,34)(H,33,36)(H,37,38)/t18-,20-,21-/m0/s1. The molecule has 0 saturated carbocycles. The molecular weight excluding hydrogens is 492 g/mol. The first-order valence-electron chi connectivity index (χ1n) is 12.4. The lowest BCUT2D eigenvalue weighted by molar-refractivity contribution is -0.142. The lowest BCUT2D eigenvalue weighted by Crippen LogP contribution is -2.54. The zero-order chi connectivity index (χ0) is 27.5. The minimum Gasteiger partial charge on any atom is -0.480 e. The monoisotopic (exact) mass is 526 g/mol. The maximum absolute atomic E-state index is 13.1. The Bertz CT molecular complexity index is 1230. The van der Waals surface area contributed by atoms with Gasteiger partial charge in [0.05, 0.1) is 24.6 Å². The van der Waals surface area contributed by atoms with Crippen molar-refractivity contribution in [1.29, 1.82) is 0 Å². The summed E-state index contributed by atoms with van der Waals surface area (Å²) >= 11 is 0. The number of nitrogens with one attached hydrogen (secondary N) is 5. The van der Waals surface area contributed by atoms with E-state index in [0.717, 1.165) is 16.5 Å². The van der Waals surface area contributed by atoms with Crippen LogP contribution in [0.5, 0.6) is 0 Å². The maximum atomic E-state index is 13.1. The van der Waals surface area contributed by atoms with Crippen LogP contribution in [-0.4, -0.2) is 75.0 Å². The number of nitrogens with zero attached hydrogens (tertiary/aromatic N) is 1. The van der Waals surface area contributed by atoms with Crippen LogP contribution in [0.15, 0.2) is 43.0 Å². The van der Waals surface area contributed by atoms with E-state index in [0.29, 0.717) is 25.1 Å². The van der Waals surface area contributed by atoms with Gasteiger partial charge in [-0.1, -0.05) is 18.2 Å². The lowest BCUT2D eigenvalue weighted by Gasteiger charge is -2.22. The topological polar surface area (TPSA) is 221 Å². The smallest absolute Gasteiger partial charge is 0.326 e. The average Bonchev–Trinajstić information content (AvgIpc) is 3.56. The Labute approximate surface area is 219 Å². The third kappa shape index (κ3) is 8.15. The number of hydrogen-bond acceptors (Lipinski definition) is 7. The van der Waals surface area contributed by atoms with Gasteiger partial charge in [-0.25, -0.2) is 9.78 Å². The fourth-order valence-corrected chi connectivity index (χ4v) is 4.02. The van der Waals surface area contributed by atoms with Crippen LogP contribution >= 0.6 is 0 Å². The molecule has 3 atom stereocenters. The van der Waals surface area contributed by atoms with E-state index in [9.17, 15) is 24.3 Å².